The molecule has 2 amide bonds. The minimum atomic E-state index is -1.10. The summed E-state index contributed by atoms with van der Waals surface area (Å²) in [7, 11) is 0. The highest BCUT2D eigenvalue weighted by atomic mass is 16.4. The molecule has 0 saturated heterocycles. The van der Waals surface area contributed by atoms with Gasteiger partial charge < -0.3 is 15.7 Å². The van der Waals surface area contributed by atoms with Gasteiger partial charge in [-0.25, -0.2) is 9.59 Å². The van der Waals surface area contributed by atoms with E-state index < -0.39 is 11.5 Å². The molecule has 3 N–H and O–H groups in total. The van der Waals surface area contributed by atoms with Crippen molar-refractivity contribution in [1.29, 1.82) is 0 Å². The van der Waals surface area contributed by atoms with Crippen LogP contribution in [0.1, 0.15) is 52.9 Å². The molecule has 0 aromatic heterocycles. The van der Waals surface area contributed by atoms with Crippen LogP contribution in [-0.2, 0) is 4.79 Å². The number of carboxylic acids is 1. The summed E-state index contributed by atoms with van der Waals surface area (Å²) in [6.45, 7) is 6.65. The summed E-state index contributed by atoms with van der Waals surface area (Å²) in [5.74, 6) is -0.435. The molecule has 1 aliphatic carbocycles. The molecule has 1 rings (SSSR count). The van der Waals surface area contributed by atoms with Crippen molar-refractivity contribution in [3.63, 3.8) is 0 Å². The molecule has 1 fully saturated rings. The highest BCUT2D eigenvalue weighted by Gasteiger charge is 2.46. The van der Waals surface area contributed by atoms with Crippen molar-refractivity contribution in [3.8, 4) is 0 Å². The molecule has 0 radical (unpaired) electrons. The molecule has 1 aliphatic rings. The smallest absolute Gasteiger partial charge is 0.329 e. The maximum Gasteiger partial charge on any atom is 0.329 e. The first-order valence-electron chi connectivity index (χ1n) is 7.18. The van der Waals surface area contributed by atoms with Crippen LogP contribution in [0.5, 0.6) is 0 Å². The van der Waals surface area contributed by atoms with E-state index in [1.54, 1.807) is 0 Å². The van der Waals surface area contributed by atoms with Crippen molar-refractivity contribution in [3.05, 3.63) is 0 Å². The van der Waals surface area contributed by atoms with E-state index in [-0.39, 0.29) is 11.9 Å². The Hall–Kier alpha value is -1.26. The quantitative estimate of drug-likeness (QED) is 0.717. The summed E-state index contributed by atoms with van der Waals surface area (Å²) in [6, 6.07) is -0.364. The van der Waals surface area contributed by atoms with Crippen molar-refractivity contribution in [1.82, 2.24) is 10.6 Å². The summed E-state index contributed by atoms with van der Waals surface area (Å²) >= 11 is 0. The molecule has 19 heavy (non-hydrogen) atoms. The summed E-state index contributed by atoms with van der Waals surface area (Å²) in [6.07, 6.45) is 4.14. The van der Waals surface area contributed by atoms with Crippen molar-refractivity contribution in [2.24, 2.45) is 11.8 Å². The number of hydrogen-bond acceptors (Lipinski definition) is 2. The van der Waals surface area contributed by atoms with Gasteiger partial charge in [0.2, 0.25) is 0 Å². The summed E-state index contributed by atoms with van der Waals surface area (Å²) in [5.41, 5.74) is -1.10. The molecule has 5 nitrogen and oxygen atoms in total. The van der Waals surface area contributed by atoms with Gasteiger partial charge in [0.25, 0.3) is 0 Å². The Bertz CT molecular complexity index is 331. The fraction of sp³-hybridized carbons (Fsp3) is 0.857. The average molecular weight is 270 g/mol. The van der Waals surface area contributed by atoms with Crippen molar-refractivity contribution < 1.29 is 14.7 Å². The normalized spacial score (nSPS) is 27.1. The zero-order valence-corrected chi connectivity index (χ0v) is 12.2. The van der Waals surface area contributed by atoms with Crippen molar-refractivity contribution in [2.75, 3.05) is 6.54 Å². The number of amides is 2. The third kappa shape index (κ3) is 4.11. The summed E-state index contributed by atoms with van der Waals surface area (Å²) in [5, 5.41) is 14.9. The average Bonchev–Trinajstić information content (AvgIpc) is 2.31. The monoisotopic (exact) mass is 270 g/mol. The molecular weight excluding hydrogens is 244 g/mol. The minimum absolute atomic E-state index is 0.0328. The molecule has 0 aromatic carbocycles. The van der Waals surface area contributed by atoms with E-state index in [1.807, 2.05) is 6.92 Å². The molecule has 2 unspecified atom stereocenters. The molecular formula is C14H26N2O3. The second-order valence-corrected chi connectivity index (χ2v) is 5.99. The number of carbonyl (C=O) groups is 2. The van der Waals surface area contributed by atoms with Crippen LogP contribution in [0, 0.1) is 11.8 Å². The number of aliphatic carboxylic acids is 1. The molecule has 0 heterocycles. The van der Waals surface area contributed by atoms with Crippen LogP contribution >= 0.6 is 0 Å². The molecule has 110 valence electrons. The van der Waals surface area contributed by atoms with Gasteiger partial charge in [0, 0.05) is 6.54 Å². The van der Waals surface area contributed by atoms with E-state index in [1.165, 1.54) is 0 Å². The lowest BCUT2D eigenvalue weighted by Gasteiger charge is -2.39. The highest BCUT2D eigenvalue weighted by molar-refractivity contribution is 5.86. The molecule has 0 aliphatic heterocycles. The predicted molar refractivity (Wildman–Crippen MR) is 74.0 cm³/mol. The topological polar surface area (TPSA) is 78.4 Å². The molecule has 2 atom stereocenters. The van der Waals surface area contributed by atoms with Gasteiger partial charge in [-0.2, -0.15) is 0 Å². The Balaban J connectivity index is 2.58. The largest absolute Gasteiger partial charge is 0.479 e. The standard InChI is InChI=1S/C14H26N2O3/c1-10(2)7-9-15-13(19)16-14(12(17)18)8-5-4-6-11(14)3/h10-11H,4-9H2,1-3H3,(H,17,18)(H2,15,16,19). The second-order valence-electron chi connectivity index (χ2n) is 5.99. The summed E-state index contributed by atoms with van der Waals surface area (Å²) < 4.78 is 0. The van der Waals surface area contributed by atoms with Crippen LogP contribution in [0.2, 0.25) is 0 Å². The van der Waals surface area contributed by atoms with E-state index >= 15 is 0 Å². The Kier molecular flexibility index (Phi) is 5.63. The lowest BCUT2D eigenvalue weighted by atomic mass is 9.73. The predicted octanol–water partition coefficient (Wildman–Crippen LogP) is 2.37. The number of urea groups is 1. The van der Waals surface area contributed by atoms with Crippen molar-refractivity contribution >= 4 is 12.0 Å². The molecule has 5 heteroatoms. The van der Waals surface area contributed by atoms with Gasteiger partial charge in [-0.15, -0.1) is 0 Å². The van der Waals surface area contributed by atoms with Gasteiger partial charge in [0.1, 0.15) is 5.54 Å². The third-order valence-electron chi connectivity index (χ3n) is 4.02. The van der Waals surface area contributed by atoms with Gasteiger partial charge in [0.15, 0.2) is 0 Å². The molecule has 1 saturated carbocycles. The lowest BCUT2D eigenvalue weighted by Crippen LogP contribution is -2.61. The molecule has 0 aromatic rings. The second kappa shape index (κ2) is 6.78. The van der Waals surface area contributed by atoms with Crippen LogP contribution in [0.15, 0.2) is 0 Å². The van der Waals surface area contributed by atoms with Gasteiger partial charge in [0.05, 0.1) is 0 Å². The Labute approximate surface area is 115 Å². The van der Waals surface area contributed by atoms with E-state index in [2.05, 4.69) is 24.5 Å². The number of nitrogens with one attached hydrogen (secondary N) is 2. The van der Waals surface area contributed by atoms with Gasteiger partial charge in [-0.05, 0) is 31.1 Å². The number of rotatable bonds is 5. The Morgan fingerprint density at radius 1 is 1.37 bits per heavy atom. The highest BCUT2D eigenvalue weighted by Crippen LogP contribution is 2.33. The van der Waals surface area contributed by atoms with Gasteiger partial charge in [-0.3, -0.25) is 0 Å². The van der Waals surface area contributed by atoms with Gasteiger partial charge in [-0.1, -0.05) is 33.6 Å². The van der Waals surface area contributed by atoms with Crippen LogP contribution in [0.3, 0.4) is 0 Å². The van der Waals surface area contributed by atoms with Crippen LogP contribution in [0.25, 0.3) is 0 Å². The number of carbonyl (C=O) groups excluding carboxylic acids is 1. The first-order valence-corrected chi connectivity index (χ1v) is 7.18. The molecule has 0 spiro atoms. The first-order chi connectivity index (χ1) is 8.88. The van der Waals surface area contributed by atoms with Gasteiger partial charge >= 0.3 is 12.0 Å². The maximum atomic E-state index is 11.9. The lowest BCUT2D eigenvalue weighted by molar-refractivity contribution is -0.148. The first kappa shape index (κ1) is 15.8. The fourth-order valence-electron chi connectivity index (χ4n) is 2.63. The fourth-order valence-corrected chi connectivity index (χ4v) is 2.63. The zero-order chi connectivity index (χ0) is 14.5. The number of carboxylic acid groups (broad SMARTS) is 1. The van der Waals surface area contributed by atoms with Crippen molar-refractivity contribution in [2.45, 2.75) is 58.4 Å². The number of hydrogen-bond donors (Lipinski definition) is 3. The van der Waals surface area contributed by atoms with E-state index in [4.69, 9.17) is 0 Å². The van der Waals surface area contributed by atoms with Crippen LogP contribution in [-0.4, -0.2) is 29.2 Å². The Morgan fingerprint density at radius 2 is 2.05 bits per heavy atom. The minimum Gasteiger partial charge on any atom is -0.479 e. The zero-order valence-electron chi connectivity index (χ0n) is 12.2. The van der Waals surface area contributed by atoms with E-state index in [0.717, 1.165) is 25.7 Å². The van der Waals surface area contributed by atoms with Crippen LogP contribution in [0.4, 0.5) is 4.79 Å². The molecule has 0 bridgehead atoms. The maximum absolute atomic E-state index is 11.9. The SMILES string of the molecule is CC(C)CCNC(=O)NC1(C(=O)O)CCCCC1C. The summed E-state index contributed by atoms with van der Waals surface area (Å²) in [4.78, 5) is 23.4. The van der Waals surface area contributed by atoms with E-state index in [9.17, 15) is 14.7 Å². The van der Waals surface area contributed by atoms with Crippen LogP contribution < -0.4 is 10.6 Å². The third-order valence-corrected chi connectivity index (χ3v) is 4.02. The Morgan fingerprint density at radius 3 is 2.58 bits per heavy atom. The van der Waals surface area contributed by atoms with E-state index in [0.29, 0.717) is 18.9 Å².